The van der Waals surface area contributed by atoms with Gasteiger partial charge in [-0.15, -0.1) is 0 Å². The number of rotatable bonds is 5. The number of carbonyl (C=O) groups excluding carboxylic acids is 2. The number of aliphatic hydroxyl groups excluding tert-OH is 1. The van der Waals surface area contributed by atoms with Crippen molar-refractivity contribution in [3.63, 3.8) is 0 Å². The molecule has 174 valence electrons. The number of nitrogens with zero attached hydrogens (tertiary/aromatic N) is 1. The molecule has 3 rings (SSSR count). The number of halogens is 1. The van der Waals surface area contributed by atoms with Crippen LogP contribution in [0.25, 0.3) is 0 Å². The summed E-state index contributed by atoms with van der Waals surface area (Å²) < 4.78 is 25.6. The largest absolute Gasteiger partial charge is 0.509 e. The predicted molar refractivity (Wildman–Crippen MR) is 123 cm³/mol. The Balaban J connectivity index is 2.21. The fourth-order valence-electron chi connectivity index (χ4n) is 4.05. The molecule has 2 aliphatic rings. The third kappa shape index (κ3) is 3.88. The zero-order chi connectivity index (χ0) is 24.2. The summed E-state index contributed by atoms with van der Waals surface area (Å²) in [6, 6.07) is 3.38. The summed E-state index contributed by atoms with van der Waals surface area (Å²) in [4.78, 5) is 26.7. The summed E-state index contributed by atoms with van der Waals surface area (Å²) in [7, 11) is -4.25. The van der Waals surface area contributed by atoms with E-state index in [4.69, 9.17) is 17.3 Å². The lowest BCUT2D eigenvalue weighted by Crippen LogP contribution is -2.44. The van der Waals surface area contributed by atoms with Gasteiger partial charge in [0.2, 0.25) is 9.84 Å². The molecule has 0 fully saturated rings. The lowest BCUT2D eigenvalue weighted by atomic mass is 9.85. The van der Waals surface area contributed by atoms with Crippen molar-refractivity contribution in [1.29, 1.82) is 0 Å². The number of amides is 2. The molecule has 2 amide bonds. The molecule has 0 spiro atoms. The average Bonchev–Trinajstić information content (AvgIpc) is 2.92. The first-order valence-electron chi connectivity index (χ1n) is 10.3. The summed E-state index contributed by atoms with van der Waals surface area (Å²) in [6.07, 6.45) is 0.700. The van der Waals surface area contributed by atoms with E-state index in [1.807, 2.05) is 34.6 Å². The second-order valence-corrected chi connectivity index (χ2v) is 12.0. The van der Waals surface area contributed by atoms with Crippen LogP contribution in [0.2, 0.25) is 0 Å². The van der Waals surface area contributed by atoms with Crippen LogP contribution in [0, 0.1) is 11.3 Å². The highest BCUT2D eigenvalue weighted by Crippen LogP contribution is 2.45. The maximum Gasteiger partial charge on any atom is 0.260 e. The summed E-state index contributed by atoms with van der Waals surface area (Å²) >= 11 is 6.28. The first-order valence-corrected chi connectivity index (χ1v) is 12.1. The summed E-state index contributed by atoms with van der Waals surface area (Å²) in [6.45, 7) is 10.1. The maximum absolute atomic E-state index is 13.5. The maximum atomic E-state index is 13.5. The standard InChI is InChI=1S/C22H28ClN3O5S/c1-11(2)9-10-26-18(22(3,4)5)17(27)14(21(26)29)16-19(23)32(30,31)13-8-6-7-12(20(24)28)15(13)25-16/h6-8,11,18,25,27H,9-10H2,1-5H3,(H2,24,28)/t18-/m1/s1. The Kier molecular flexibility index (Phi) is 6.12. The van der Waals surface area contributed by atoms with Gasteiger partial charge in [-0.1, -0.05) is 52.3 Å². The van der Waals surface area contributed by atoms with Crippen LogP contribution in [0.3, 0.4) is 0 Å². The number of hydrogen-bond acceptors (Lipinski definition) is 6. The minimum atomic E-state index is -4.25. The molecule has 0 bridgehead atoms. The van der Waals surface area contributed by atoms with E-state index < -0.39 is 37.5 Å². The normalized spacial score (nSPS) is 20.7. The van der Waals surface area contributed by atoms with Crippen LogP contribution in [-0.2, 0) is 14.6 Å². The summed E-state index contributed by atoms with van der Waals surface area (Å²) in [5.74, 6) is -1.32. The highest BCUT2D eigenvalue weighted by atomic mass is 35.5. The Labute approximate surface area is 193 Å². The monoisotopic (exact) mass is 481 g/mol. The van der Waals surface area contributed by atoms with Gasteiger partial charge in [0.05, 0.1) is 27.9 Å². The number of hydrogen-bond donors (Lipinski definition) is 3. The molecule has 2 heterocycles. The molecule has 1 aromatic rings. The van der Waals surface area contributed by atoms with Crippen molar-refractivity contribution in [2.75, 3.05) is 11.9 Å². The predicted octanol–water partition coefficient (Wildman–Crippen LogP) is 3.51. The molecule has 0 aliphatic carbocycles. The average molecular weight is 482 g/mol. The zero-order valence-corrected chi connectivity index (χ0v) is 20.3. The van der Waals surface area contributed by atoms with Gasteiger partial charge >= 0.3 is 0 Å². The molecule has 0 saturated carbocycles. The number of para-hydroxylation sites is 1. The van der Waals surface area contributed by atoms with Gasteiger partial charge in [0, 0.05) is 6.54 Å². The Morgan fingerprint density at radius 2 is 1.94 bits per heavy atom. The van der Waals surface area contributed by atoms with Gasteiger partial charge in [-0.3, -0.25) is 9.59 Å². The van der Waals surface area contributed by atoms with Crippen molar-refractivity contribution in [3.05, 3.63) is 45.2 Å². The van der Waals surface area contributed by atoms with Crippen LogP contribution < -0.4 is 11.1 Å². The number of fused-ring (bicyclic) bond motifs is 1. The lowest BCUT2D eigenvalue weighted by Gasteiger charge is -2.35. The number of anilines is 1. The van der Waals surface area contributed by atoms with Crippen LogP contribution in [0.15, 0.2) is 44.5 Å². The van der Waals surface area contributed by atoms with E-state index in [2.05, 4.69) is 5.32 Å². The van der Waals surface area contributed by atoms with Crippen molar-refractivity contribution in [1.82, 2.24) is 4.90 Å². The van der Waals surface area contributed by atoms with Crippen molar-refractivity contribution in [2.24, 2.45) is 17.1 Å². The van der Waals surface area contributed by atoms with E-state index >= 15 is 0 Å². The van der Waals surface area contributed by atoms with Gasteiger partial charge in [0.15, 0.2) is 4.36 Å². The minimum absolute atomic E-state index is 0.0673. The molecule has 0 radical (unpaired) electrons. The van der Waals surface area contributed by atoms with Crippen LogP contribution in [0.5, 0.6) is 0 Å². The Hall–Kier alpha value is -2.52. The van der Waals surface area contributed by atoms with E-state index in [9.17, 15) is 23.1 Å². The molecular formula is C22H28ClN3O5S. The van der Waals surface area contributed by atoms with Gasteiger partial charge in [0.25, 0.3) is 11.8 Å². The smallest absolute Gasteiger partial charge is 0.260 e. The molecular weight excluding hydrogens is 454 g/mol. The highest BCUT2D eigenvalue weighted by molar-refractivity contribution is 7.97. The SMILES string of the molecule is CC(C)CCN1C(=O)C(C2=C(Cl)S(=O)(=O)c3cccc(C(N)=O)c3N2)=C(O)[C@@H]1C(C)(C)C. The third-order valence-electron chi connectivity index (χ3n) is 5.58. The van der Waals surface area contributed by atoms with Crippen molar-refractivity contribution < 1.29 is 23.1 Å². The van der Waals surface area contributed by atoms with Gasteiger partial charge in [0.1, 0.15) is 11.3 Å². The topological polar surface area (TPSA) is 130 Å². The Morgan fingerprint density at radius 3 is 2.47 bits per heavy atom. The quantitative estimate of drug-likeness (QED) is 0.590. The van der Waals surface area contributed by atoms with Gasteiger partial charge in [-0.05, 0) is 29.9 Å². The van der Waals surface area contributed by atoms with E-state index in [1.165, 1.54) is 18.2 Å². The Morgan fingerprint density at radius 1 is 1.31 bits per heavy atom. The Bertz CT molecular complexity index is 1160. The molecule has 32 heavy (non-hydrogen) atoms. The molecule has 10 heteroatoms. The molecule has 1 atom stereocenters. The molecule has 2 aliphatic heterocycles. The van der Waals surface area contributed by atoms with Gasteiger partial charge in [-0.25, -0.2) is 8.42 Å². The number of carbonyl (C=O) groups is 2. The van der Waals surface area contributed by atoms with Gasteiger partial charge < -0.3 is 21.1 Å². The number of primary amides is 1. The van der Waals surface area contributed by atoms with Crippen LogP contribution in [0.1, 0.15) is 51.4 Å². The van der Waals surface area contributed by atoms with Crippen LogP contribution in [0.4, 0.5) is 5.69 Å². The summed E-state index contributed by atoms with van der Waals surface area (Å²) in [5.41, 5.74) is 4.29. The third-order valence-corrected chi connectivity index (χ3v) is 7.98. The molecule has 8 nitrogen and oxygen atoms in total. The van der Waals surface area contributed by atoms with Crippen molar-refractivity contribution in [2.45, 2.75) is 52.0 Å². The molecule has 0 saturated heterocycles. The number of nitrogens with one attached hydrogen (secondary N) is 1. The second kappa shape index (κ2) is 8.12. The number of sulfone groups is 1. The number of aliphatic hydroxyl groups is 1. The minimum Gasteiger partial charge on any atom is -0.509 e. The fraction of sp³-hybridized carbons (Fsp3) is 0.455. The number of nitrogens with two attached hydrogens (primary N) is 1. The van der Waals surface area contributed by atoms with Gasteiger partial charge in [-0.2, -0.15) is 0 Å². The molecule has 4 N–H and O–H groups in total. The second-order valence-electron chi connectivity index (χ2n) is 9.53. The lowest BCUT2D eigenvalue weighted by molar-refractivity contribution is -0.128. The zero-order valence-electron chi connectivity index (χ0n) is 18.7. The highest BCUT2D eigenvalue weighted by Gasteiger charge is 2.48. The van der Waals surface area contributed by atoms with E-state index in [1.54, 1.807) is 4.90 Å². The first kappa shape index (κ1) is 24.1. The van der Waals surface area contributed by atoms with Crippen LogP contribution >= 0.6 is 11.6 Å². The first-order chi connectivity index (χ1) is 14.7. The molecule has 0 unspecified atom stereocenters. The molecule has 1 aromatic carbocycles. The van der Waals surface area contributed by atoms with Crippen molar-refractivity contribution >= 4 is 38.9 Å². The van der Waals surface area contributed by atoms with E-state index in [0.29, 0.717) is 18.9 Å². The van der Waals surface area contributed by atoms with E-state index in [0.717, 1.165) is 0 Å². The number of benzene rings is 1. The summed E-state index contributed by atoms with van der Waals surface area (Å²) in [5, 5.41) is 14.0. The van der Waals surface area contributed by atoms with Crippen molar-refractivity contribution in [3.8, 4) is 0 Å². The molecule has 0 aromatic heterocycles. The van der Waals surface area contributed by atoms with Crippen LogP contribution in [-0.4, -0.2) is 42.8 Å². The fourth-order valence-corrected chi connectivity index (χ4v) is 5.74. The van der Waals surface area contributed by atoms with E-state index in [-0.39, 0.29) is 33.2 Å².